The number of aromatic amines is 1. The van der Waals surface area contributed by atoms with Gasteiger partial charge in [0.15, 0.2) is 0 Å². The van der Waals surface area contributed by atoms with Gasteiger partial charge in [-0.2, -0.15) is 0 Å². The average Bonchev–Trinajstić information content (AvgIpc) is 2.85. The molecule has 3 nitrogen and oxygen atoms in total. The zero-order chi connectivity index (χ0) is 14.4. The molecule has 2 aromatic heterocycles. The Kier molecular flexibility index (Phi) is 3.37. The molecule has 0 spiro atoms. The van der Waals surface area contributed by atoms with Crippen LogP contribution in [0.2, 0.25) is 0 Å². The molecular weight excluding hydrogens is 280 g/mol. The summed E-state index contributed by atoms with van der Waals surface area (Å²) in [6.07, 6.45) is 9.58. The minimum Gasteiger partial charge on any atom is -0.310 e. The lowest BCUT2D eigenvalue weighted by Crippen LogP contribution is -2.17. The van der Waals surface area contributed by atoms with E-state index in [0.717, 1.165) is 34.8 Å². The normalized spacial score (nSPS) is 23.4. The molecule has 0 aromatic carbocycles. The number of nitrogens with zero attached hydrogens (tertiary/aromatic N) is 1. The van der Waals surface area contributed by atoms with Crippen LogP contribution < -0.4 is 5.56 Å². The minimum absolute atomic E-state index is 0.104. The molecule has 1 fully saturated rings. The van der Waals surface area contributed by atoms with Crippen molar-refractivity contribution >= 4 is 21.6 Å². The highest BCUT2D eigenvalue weighted by molar-refractivity contribution is 7.18. The van der Waals surface area contributed by atoms with Crippen molar-refractivity contribution in [2.24, 2.45) is 5.92 Å². The van der Waals surface area contributed by atoms with Crippen LogP contribution in [0.1, 0.15) is 67.6 Å². The first-order chi connectivity index (χ1) is 10.2. The van der Waals surface area contributed by atoms with Crippen molar-refractivity contribution in [3.8, 4) is 0 Å². The minimum atomic E-state index is 0.104. The van der Waals surface area contributed by atoms with Gasteiger partial charge in [-0.05, 0) is 43.6 Å². The largest absolute Gasteiger partial charge is 0.310 e. The zero-order valence-corrected chi connectivity index (χ0v) is 13.4. The number of aromatic nitrogens is 2. The summed E-state index contributed by atoms with van der Waals surface area (Å²) in [6, 6.07) is 0. The lowest BCUT2D eigenvalue weighted by Gasteiger charge is -2.20. The summed E-state index contributed by atoms with van der Waals surface area (Å²) in [5, 5.41) is 0.890. The summed E-state index contributed by atoms with van der Waals surface area (Å²) >= 11 is 1.76. The molecule has 4 rings (SSSR count). The van der Waals surface area contributed by atoms with Crippen molar-refractivity contribution in [3.63, 3.8) is 0 Å². The van der Waals surface area contributed by atoms with E-state index in [4.69, 9.17) is 4.98 Å². The highest BCUT2D eigenvalue weighted by Gasteiger charge is 2.24. The van der Waals surface area contributed by atoms with Crippen LogP contribution in [-0.4, -0.2) is 9.97 Å². The quantitative estimate of drug-likeness (QED) is 0.860. The molecular formula is C17H22N2OS. The molecule has 0 radical (unpaired) electrons. The Balaban J connectivity index is 1.81. The highest BCUT2D eigenvalue weighted by atomic mass is 32.1. The second kappa shape index (κ2) is 5.24. The number of hydrogen-bond donors (Lipinski definition) is 1. The topological polar surface area (TPSA) is 45.8 Å². The van der Waals surface area contributed by atoms with E-state index in [1.807, 2.05) is 0 Å². The molecule has 1 saturated carbocycles. The number of nitrogens with one attached hydrogen (secondary N) is 1. The van der Waals surface area contributed by atoms with Gasteiger partial charge in [-0.15, -0.1) is 11.3 Å². The third-order valence-electron chi connectivity index (χ3n) is 5.18. The Hall–Kier alpha value is -1.16. The Morgan fingerprint density at radius 1 is 1.19 bits per heavy atom. The Morgan fingerprint density at radius 3 is 2.81 bits per heavy atom. The van der Waals surface area contributed by atoms with E-state index < -0.39 is 0 Å². The molecule has 112 valence electrons. The van der Waals surface area contributed by atoms with Crippen LogP contribution in [0.3, 0.4) is 0 Å². The third-order valence-corrected chi connectivity index (χ3v) is 6.32. The van der Waals surface area contributed by atoms with E-state index in [2.05, 4.69) is 11.9 Å². The lowest BCUT2D eigenvalue weighted by molar-refractivity contribution is 0.429. The van der Waals surface area contributed by atoms with Crippen molar-refractivity contribution in [1.82, 2.24) is 9.97 Å². The van der Waals surface area contributed by atoms with Crippen LogP contribution in [0.5, 0.6) is 0 Å². The summed E-state index contributed by atoms with van der Waals surface area (Å²) in [7, 11) is 0. The van der Waals surface area contributed by atoms with Gasteiger partial charge in [0.1, 0.15) is 10.7 Å². The summed E-state index contributed by atoms with van der Waals surface area (Å²) in [4.78, 5) is 22.9. The molecule has 2 aliphatic rings. The number of fused-ring (bicyclic) bond motifs is 3. The van der Waals surface area contributed by atoms with Gasteiger partial charge < -0.3 is 4.98 Å². The summed E-state index contributed by atoms with van der Waals surface area (Å²) in [6.45, 7) is 2.30. The third kappa shape index (κ3) is 2.33. The number of thiophene rings is 1. The van der Waals surface area contributed by atoms with Gasteiger partial charge in [0.25, 0.3) is 5.56 Å². The predicted molar refractivity (Wildman–Crippen MR) is 87.3 cm³/mol. The fourth-order valence-corrected chi connectivity index (χ4v) is 5.33. The molecule has 0 saturated heterocycles. The van der Waals surface area contributed by atoms with E-state index >= 15 is 0 Å². The van der Waals surface area contributed by atoms with Gasteiger partial charge >= 0.3 is 0 Å². The Bertz CT molecular complexity index is 724. The molecule has 0 amide bonds. The zero-order valence-electron chi connectivity index (χ0n) is 12.6. The fraction of sp³-hybridized carbons (Fsp3) is 0.647. The van der Waals surface area contributed by atoms with Crippen LogP contribution >= 0.6 is 11.3 Å². The second-order valence-corrected chi connectivity index (χ2v) is 7.90. The molecule has 0 aliphatic heterocycles. The molecule has 0 bridgehead atoms. The second-order valence-electron chi connectivity index (χ2n) is 6.82. The molecule has 2 aliphatic carbocycles. The first-order valence-corrected chi connectivity index (χ1v) is 9.08. The Morgan fingerprint density at radius 2 is 2.00 bits per heavy atom. The van der Waals surface area contributed by atoms with Crippen molar-refractivity contribution < 1.29 is 0 Å². The van der Waals surface area contributed by atoms with E-state index in [-0.39, 0.29) is 5.56 Å². The smallest absolute Gasteiger partial charge is 0.259 e. The Labute approximate surface area is 128 Å². The lowest BCUT2D eigenvalue weighted by atomic mass is 9.88. The van der Waals surface area contributed by atoms with Gasteiger partial charge in [-0.1, -0.05) is 26.2 Å². The SMILES string of the molecule is C[C@@H]1CCc2c(sc3nc(C4CCCCC4)[nH]c(=O)c23)C1. The fourth-order valence-electron chi connectivity index (χ4n) is 3.93. The van der Waals surface area contributed by atoms with Crippen LogP contribution in [0, 0.1) is 5.92 Å². The maximum Gasteiger partial charge on any atom is 0.259 e. The van der Waals surface area contributed by atoms with Crippen molar-refractivity contribution in [2.75, 3.05) is 0 Å². The number of aryl methyl sites for hydroxylation is 1. The molecule has 1 atom stereocenters. The maximum absolute atomic E-state index is 12.6. The van der Waals surface area contributed by atoms with Crippen LogP contribution in [0.4, 0.5) is 0 Å². The summed E-state index contributed by atoms with van der Waals surface area (Å²) in [5.41, 5.74) is 1.39. The summed E-state index contributed by atoms with van der Waals surface area (Å²) < 4.78 is 0. The molecule has 1 N–H and O–H groups in total. The average molecular weight is 302 g/mol. The first-order valence-electron chi connectivity index (χ1n) is 8.27. The van der Waals surface area contributed by atoms with Crippen molar-refractivity contribution in [2.45, 2.75) is 64.2 Å². The predicted octanol–water partition coefficient (Wildman–Crippen LogP) is 4.16. The molecule has 2 heterocycles. The molecule has 0 unspecified atom stereocenters. The molecule has 21 heavy (non-hydrogen) atoms. The first kappa shape index (κ1) is 13.5. The van der Waals surface area contributed by atoms with E-state index in [0.29, 0.717) is 5.92 Å². The van der Waals surface area contributed by atoms with Crippen molar-refractivity contribution in [3.05, 3.63) is 26.6 Å². The number of rotatable bonds is 1. The van der Waals surface area contributed by atoms with Gasteiger partial charge in [0.05, 0.1) is 5.39 Å². The summed E-state index contributed by atoms with van der Waals surface area (Å²) in [5.74, 6) is 2.15. The van der Waals surface area contributed by atoms with Crippen LogP contribution in [0.15, 0.2) is 4.79 Å². The number of hydrogen-bond acceptors (Lipinski definition) is 3. The maximum atomic E-state index is 12.6. The van der Waals surface area contributed by atoms with Gasteiger partial charge in [-0.25, -0.2) is 4.98 Å². The van der Waals surface area contributed by atoms with Crippen LogP contribution in [-0.2, 0) is 12.8 Å². The van der Waals surface area contributed by atoms with E-state index in [1.165, 1.54) is 49.0 Å². The number of H-pyrrole nitrogens is 1. The van der Waals surface area contributed by atoms with E-state index in [1.54, 1.807) is 11.3 Å². The van der Waals surface area contributed by atoms with Crippen molar-refractivity contribution in [1.29, 1.82) is 0 Å². The van der Waals surface area contributed by atoms with Crippen LogP contribution in [0.25, 0.3) is 10.2 Å². The molecule has 2 aromatic rings. The standard InChI is InChI=1S/C17H22N2OS/c1-10-7-8-12-13(9-10)21-17-14(12)16(20)18-15(19-17)11-5-3-2-4-6-11/h10-11H,2-9H2,1H3,(H,18,19,20)/t10-/m1/s1. The van der Waals surface area contributed by atoms with Gasteiger partial charge in [0.2, 0.25) is 0 Å². The molecule has 4 heteroatoms. The van der Waals surface area contributed by atoms with E-state index in [9.17, 15) is 4.79 Å². The van der Waals surface area contributed by atoms with Gasteiger partial charge in [-0.3, -0.25) is 4.79 Å². The highest BCUT2D eigenvalue weighted by Crippen LogP contribution is 2.37. The van der Waals surface area contributed by atoms with Gasteiger partial charge in [0, 0.05) is 10.8 Å². The monoisotopic (exact) mass is 302 g/mol.